The van der Waals surface area contributed by atoms with Crippen LogP contribution in [0, 0.1) is 20.8 Å². The third-order valence-electron chi connectivity index (χ3n) is 4.48. The summed E-state index contributed by atoms with van der Waals surface area (Å²) < 4.78 is 10.7. The standard InChI is InChI=1S/C18H22N2O4S/c1-5-6-7-23-13(21)8-12-16-15(10(3)20-24-16)17-14(18(22)19-12)9(2)11(4)25-17/h12H,5-8H2,1-4H3,(H,19,22)/t12-/m0/s1. The second kappa shape index (κ2) is 7.00. The van der Waals surface area contributed by atoms with Crippen LogP contribution in [0.1, 0.15) is 64.5 Å². The number of carbonyl (C=O) groups is 2. The Labute approximate surface area is 150 Å². The van der Waals surface area contributed by atoms with Crippen molar-refractivity contribution in [2.24, 2.45) is 0 Å². The maximum atomic E-state index is 12.8. The van der Waals surface area contributed by atoms with Crippen LogP contribution in [0.4, 0.5) is 0 Å². The number of unbranched alkanes of at least 4 members (excludes halogenated alkanes) is 1. The van der Waals surface area contributed by atoms with Gasteiger partial charge in [0.2, 0.25) is 0 Å². The fraction of sp³-hybridized carbons (Fsp3) is 0.500. The molecule has 134 valence electrons. The SMILES string of the molecule is CCCCOC(=O)C[C@@H]1NC(=O)c2c(sc(C)c2C)-c2c(C)noc21. The lowest BCUT2D eigenvalue weighted by Gasteiger charge is -2.14. The molecule has 1 N–H and O–H groups in total. The van der Waals surface area contributed by atoms with Crippen molar-refractivity contribution in [1.29, 1.82) is 0 Å². The van der Waals surface area contributed by atoms with Crippen molar-refractivity contribution in [2.45, 2.75) is 53.0 Å². The van der Waals surface area contributed by atoms with Crippen LogP contribution in [0.25, 0.3) is 10.4 Å². The third-order valence-corrected chi connectivity index (χ3v) is 5.71. The van der Waals surface area contributed by atoms with Crippen LogP contribution < -0.4 is 5.32 Å². The number of esters is 1. The van der Waals surface area contributed by atoms with E-state index in [-0.39, 0.29) is 18.3 Å². The first-order chi connectivity index (χ1) is 11.9. The lowest BCUT2D eigenvalue weighted by molar-refractivity contribution is -0.144. The van der Waals surface area contributed by atoms with Crippen LogP contribution in [0.15, 0.2) is 4.52 Å². The second-order valence-corrected chi connectivity index (χ2v) is 7.52. The molecule has 1 aliphatic heterocycles. The second-order valence-electron chi connectivity index (χ2n) is 6.30. The predicted molar refractivity (Wildman–Crippen MR) is 94.7 cm³/mol. The first-order valence-electron chi connectivity index (χ1n) is 8.47. The molecule has 2 aromatic rings. The molecule has 1 atom stereocenters. The average molecular weight is 362 g/mol. The number of fused-ring (bicyclic) bond motifs is 3. The number of hydrogen-bond donors (Lipinski definition) is 1. The molecule has 0 aliphatic carbocycles. The van der Waals surface area contributed by atoms with E-state index in [1.54, 1.807) is 11.3 Å². The summed E-state index contributed by atoms with van der Waals surface area (Å²) in [7, 11) is 0. The molecule has 0 saturated heterocycles. The number of rotatable bonds is 5. The Balaban J connectivity index is 1.95. The van der Waals surface area contributed by atoms with E-state index >= 15 is 0 Å². The Hall–Kier alpha value is -2.15. The number of carbonyl (C=O) groups excluding carboxylic acids is 2. The minimum atomic E-state index is -0.572. The molecule has 3 heterocycles. The average Bonchev–Trinajstić information content (AvgIpc) is 3.04. The van der Waals surface area contributed by atoms with Gasteiger partial charge in [-0.2, -0.15) is 0 Å². The van der Waals surface area contributed by atoms with Crippen LogP contribution in [0.3, 0.4) is 0 Å². The van der Waals surface area contributed by atoms with Gasteiger partial charge in [-0.15, -0.1) is 11.3 Å². The fourth-order valence-electron chi connectivity index (χ4n) is 2.97. The molecule has 1 amide bonds. The molecule has 7 heteroatoms. The van der Waals surface area contributed by atoms with E-state index in [4.69, 9.17) is 9.26 Å². The zero-order chi connectivity index (χ0) is 18.1. The van der Waals surface area contributed by atoms with Crippen LogP contribution >= 0.6 is 11.3 Å². The molecule has 0 bridgehead atoms. The highest BCUT2D eigenvalue weighted by molar-refractivity contribution is 7.16. The number of ether oxygens (including phenoxy) is 1. The summed E-state index contributed by atoms with van der Waals surface area (Å²) in [5.74, 6) is -0.00999. The highest BCUT2D eigenvalue weighted by Gasteiger charge is 2.35. The van der Waals surface area contributed by atoms with Crippen molar-refractivity contribution in [3.8, 4) is 10.4 Å². The maximum absolute atomic E-state index is 12.8. The zero-order valence-electron chi connectivity index (χ0n) is 14.9. The van der Waals surface area contributed by atoms with Gasteiger partial charge in [0.1, 0.15) is 6.04 Å². The van der Waals surface area contributed by atoms with Gasteiger partial charge in [-0.3, -0.25) is 9.59 Å². The largest absolute Gasteiger partial charge is 0.466 e. The lowest BCUT2D eigenvalue weighted by Crippen LogP contribution is -2.29. The zero-order valence-corrected chi connectivity index (χ0v) is 15.7. The normalized spacial score (nSPS) is 16.0. The van der Waals surface area contributed by atoms with Gasteiger partial charge >= 0.3 is 5.97 Å². The summed E-state index contributed by atoms with van der Waals surface area (Å²) in [6.07, 6.45) is 1.81. The molecular weight excluding hydrogens is 340 g/mol. The van der Waals surface area contributed by atoms with E-state index in [9.17, 15) is 9.59 Å². The number of thiophene rings is 1. The van der Waals surface area contributed by atoms with Gasteiger partial charge in [0.15, 0.2) is 5.76 Å². The van der Waals surface area contributed by atoms with Gasteiger partial charge in [-0.1, -0.05) is 18.5 Å². The Morgan fingerprint density at radius 3 is 2.80 bits per heavy atom. The summed E-state index contributed by atoms with van der Waals surface area (Å²) >= 11 is 1.56. The molecule has 6 nitrogen and oxygen atoms in total. The van der Waals surface area contributed by atoms with Gasteiger partial charge in [-0.05, 0) is 32.8 Å². The molecular formula is C18H22N2O4S. The van der Waals surface area contributed by atoms with Crippen molar-refractivity contribution in [3.63, 3.8) is 0 Å². The lowest BCUT2D eigenvalue weighted by atomic mass is 10.0. The molecule has 1 aliphatic rings. The first kappa shape index (κ1) is 17.7. The first-order valence-corrected chi connectivity index (χ1v) is 9.28. The molecule has 0 fully saturated rings. The number of aromatic nitrogens is 1. The molecule has 25 heavy (non-hydrogen) atoms. The van der Waals surface area contributed by atoms with Crippen molar-refractivity contribution in [3.05, 3.63) is 27.5 Å². The summed E-state index contributed by atoms with van der Waals surface area (Å²) in [5, 5.41) is 6.98. The van der Waals surface area contributed by atoms with Gasteiger partial charge < -0.3 is 14.6 Å². The smallest absolute Gasteiger partial charge is 0.308 e. The number of hydrogen-bond acceptors (Lipinski definition) is 6. The van der Waals surface area contributed by atoms with Gasteiger partial charge in [0.25, 0.3) is 5.91 Å². The topological polar surface area (TPSA) is 81.4 Å². The van der Waals surface area contributed by atoms with E-state index in [2.05, 4.69) is 10.5 Å². The molecule has 0 unspecified atom stereocenters. The molecule has 2 aromatic heterocycles. The maximum Gasteiger partial charge on any atom is 0.308 e. The van der Waals surface area contributed by atoms with E-state index < -0.39 is 6.04 Å². The van der Waals surface area contributed by atoms with Crippen molar-refractivity contribution < 1.29 is 18.8 Å². The molecule has 3 rings (SSSR count). The van der Waals surface area contributed by atoms with E-state index in [1.165, 1.54) is 0 Å². The third kappa shape index (κ3) is 3.20. The molecule has 0 spiro atoms. The van der Waals surface area contributed by atoms with Crippen LogP contribution in [-0.2, 0) is 9.53 Å². The monoisotopic (exact) mass is 362 g/mol. The van der Waals surface area contributed by atoms with E-state index in [0.717, 1.165) is 39.4 Å². The minimum absolute atomic E-state index is 0.0318. The van der Waals surface area contributed by atoms with Crippen LogP contribution in [-0.4, -0.2) is 23.6 Å². The van der Waals surface area contributed by atoms with Gasteiger partial charge in [-0.25, -0.2) is 0 Å². The van der Waals surface area contributed by atoms with E-state index in [1.807, 2.05) is 27.7 Å². The Morgan fingerprint density at radius 1 is 1.32 bits per heavy atom. The Bertz CT molecular complexity index is 821. The summed E-state index contributed by atoms with van der Waals surface area (Å²) in [6, 6.07) is -0.572. The van der Waals surface area contributed by atoms with E-state index in [0.29, 0.717) is 17.9 Å². The quantitative estimate of drug-likeness (QED) is 0.645. The molecule has 0 aromatic carbocycles. The van der Waals surface area contributed by atoms with Crippen molar-refractivity contribution in [1.82, 2.24) is 10.5 Å². The Kier molecular flexibility index (Phi) is 4.94. The number of aryl methyl sites for hydroxylation is 2. The minimum Gasteiger partial charge on any atom is -0.466 e. The fourth-order valence-corrected chi connectivity index (χ4v) is 4.23. The van der Waals surface area contributed by atoms with Crippen LogP contribution in [0.5, 0.6) is 0 Å². The van der Waals surface area contributed by atoms with Crippen LogP contribution in [0.2, 0.25) is 0 Å². The highest BCUT2D eigenvalue weighted by Crippen LogP contribution is 2.43. The number of nitrogens with one attached hydrogen (secondary N) is 1. The number of amides is 1. The summed E-state index contributed by atoms with van der Waals surface area (Å²) in [6.45, 7) is 8.21. The van der Waals surface area contributed by atoms with Crippen molar-refractivity contribution in [2.75, 3.05) is 6.61 Å². The Morgan fingerprint density at radius 2 is 2.08 bits per heavy atom. The molecule has 0 radical (unpaired) electrons. The summed E-state index contributed by atoms with van der Waals surface area (Å²) in [5.41, 5.74) is 3.14. The summed E-state index contributed by atoms with van der Waals surface area (Å²) in [4.78, 5) is 26.8. The predicted octanol–water partition coefficient (Wildman–Crippen LogP) is 3.85. The van der Waals surface area contributed by atoms with Gasteiger partial charge in [0.05, 0.1) is 34.7 Å². The highest BCUT2D eigenvalue weighted by atomic mass is 32.1. The molecule has 0 saturated carbocycles. The van der Waals surface area contributed by atoms with Gasteiger partial charge in [0, 0.05) is 4.88 Å². The number of nitrogens with zero attached hydrogens (tertiary/aromatic N) is 1. The van der Waals surface area contributed by atoms with Crippen molar-refractivity contribution >= 4 is 23.2 Å².